The summed E-state index contributed by atoms with van der Waals surface area (Å²) in [6.45, 7) is 0. The third-order valence-electron chi connectivity index (χ3n) is 2.58. The van der Waals surface area contributed by atoms with Gasteiger partial charge in [-0.15, -0.1) is 0 Å². The third-order valence-corrected chi connectivity index (χ3v) is 2.58. The molecule has 0 spiro atoms. The molecule has 0 aromatic carbocycles. The van der Waals surface area contributed by atoms with Crippen molar-refractivity contribution >= 4 is 5.91 Å². The molecule has 0 saturated carbocycles. The van der Waals surface area contributed by atoms with Gasteiger partial charge in [-0.1, -0.05) is 25.0 Å². The van der Waals surface area contributed by atoms with E-state index in [1.165, 1.54) is 12.8 Å². The van der Waals surface area contributed by atoms with Crippen molar-refractivity contribution in [3.8, 4) is 0 Å². The average Bonchev–Trinajstić information content (AvgIpc) is 2.02. The highest BCUT2D eigenvalue weighted by Crippen LogP contribution is 2.18. The molecular formula is C10H18N2O. The molecule has 3 nitrogen and oxygen atoms in total. The van der Waals surface area contributed by atoms with E-state index >= 15 is 0 Å². The van der Waals surface area contributed by atoms with Crippen molar-refractivity contribution in [3.63, 3.8) is 0 Å². The summed E-state index contributed by atoms with van der Waals surface area (Å²) in [7, 11) is 0. The van der Waals surface area contributed by atoms with Gasteiger partial charge in [-0.3, -0.25) is 4.79 Å². The van der Waals surface area contributed by atoms with E-state index < -0.39 is 11.9 Å². The van der Waals surface area contributed by atoms with Crippen molar-refractivity contribution in [2.75, 3.05) is 0 Å². The van der Waals surface area contributed by atoms with Crippen LogP contribution in [0.3, 0.4) is 0 Å². The smallest absolute Gasteiger partial charge is 0.234 e. The molecule has 4 N–H and O–H groups in total. The zero-order valence-corrected chi connectivity index (χ0v) is 7.91. The standard InChI is InChI=1S/C10H18N2O/c11-9(10(12)13)8-6-4-2-1-3-5-7-8/h4,6,8-9H,1-3,5,7,11H2,(H2,12,13)/b6-4-. The second kappa shape index (κ2) is 5.02. The van der Waals surface area contributed by atoms with Crippen LogP contribution >= 0.6 is 0 Å². The topological polar surface area (TPSA) is 69.1 Å². The number of carbonyl (C=O) groups is 1. The number of carbonyl (C=O) groups excluding carboxylic acids is 1. The minimum atomic E-state index is -0.505. The Morgan fingerprint density at radius 2 is 2.15 bits per heavy atom. The fraction of sp³-hybridized carbons (Fsp3) is 0.700. The molecule has 0 bridgehead atoms. The Kier molecular flexibility index (Phi) is 3.96. The monoisotopic (exact) mass is 182 g/mol. The molecule has 74 valence electrons. The number of rotatable bonds is 2. The van der Waals surface area contributed by atoms with Crippen LogP contribution in [-0.4, -0.2) is 11.9 Å². The van der Waals surface area contributed by atoms with E-state index in [1.54, 1.807) is 0 Å². The highest BCUT2D eigenvalue weighted by Gasteiger charge is 2.19. The lowest BCUT2D eigenvalue weighted by atomic mass is 9.90. The minimum Gasteiger partial charge on any atom is -0.368 e. The lowest BCUT2D eigenvalue weighted by Gasteiger charge is -2.19. The predicted octanol–water partition coefficient (Wildman–Crippen LogP) is 0.935. The van der Waals surface area contributed by atoms with Crippen molar-refractivity contribution in [2.24, 2.45) is 17.4 Å². The Bertz CT molecular complexity index is 201. The van der Waals surface area contributed by atoms with Crippen LogP contribution in [0, 0.1) is 5.92 Å². The maximum absolute atomic E-state index is 10.9. The van der Waals surface area contributed by atoms with E-state index in [-0.39, 0.29) is 5.92 Å². The highest BCUT2D eigenvalue weighted by molar-refractivity contribution is 5.80. The number of primary amides is 1. The second-order valence-electron chi connectivity index (χ2n) is 3.66. The number of hydrogen-bond acceptors (Lipinski definition) is 2. The summed E-state index contributed by atoms with van der Waals surface area (Å²) in [6, 6.07) is -0.505. The molecule has 13 heavy (non-hydrogen) atoms. The Morgan fingerprint density at radius 3 is 2.85 bits per heavy atom. The van der Waals surface area contributed by atoms with Gasteiger partial charge in [0, 0.05) is 5.92 Å². The molecule has 1 aliphatic rings. The molecule has 0 aromatic rings. The molecule has 1 aliphatic carbocycles. The third kappa shape index (κ3) is 3.19. The van der Waals surface area contributed by atoms with E-state index in [4.69, 9.17) is 11.5 Å². The van der Waals surface area contributed by atoms with Crippen LogP contribution in [-0.2, 0) is 4.79 Å². The Hall–Kier alpha value is -0.830. The van der Waals surface area contributed by atoms with Crippen LogP contribution in [0.4, 0.5) is 0 Å². The van der Waals surface area contributed by atoms with Crippen LogP contribution in [0.5, 0.6) is 0 Å². The summed E-state index contributed by atoms with van der Waals surface area (Å²) in [5.74, 6) is -0.243. The zero-order valence-electron chi connectivity index (χ0n) is 7.91. The molecule has 0 heterocycles. The molecule has 3 heteroatoms. The zero-order chi connectivity index (χ0) is 9.68. The molecule has 0 saturated heterocycles. The quantitative estimate of drug-likeness (QED) is 0.624. The summed E-state index contributed by atoms with van der Waals surface area (Å²) in [5, 5.41) is 0. The SMILES string of the molecule is NC(=O)C(N)C1/C=C\CCCCC1. The molecule has 2 unspecified atom stereocenters. The molecule has 0 fully saturated rings. The van der Waals surface area contributed by atoms with E-state index in [0.29, 0.717) is 0 Å². The van der Waals surface area contributed by atoms with Gasteiger partial charge in [0.2, 0.25) is 5.91 Å². The van der Waals surface area contributed by atoms with E-state index in [9.17, 15) is 4.79 Å². The Labute approximate surface area is 79.2 Å². The molecular weight excluding hydrogens is 164 g/mol. The maximum atomic E-state index is 10.9. The van der Waals surface area contributed by atoms with E-state index in [2.05, 4.69) is 12.2 Å². The summed E-state index contributed by atoms with van der Waals surface area (Å²) < 4.78 is 0. The Balaban J connectivity index is 2.54. The van der Waals surface area contributed by atoms with E-state index in [1.807, 2.05) is 0 Å². The largest absolute Gasteiger partial charge is 0.368 e. The van der Waals surface area contributed by atoms with Crippen LogP contribution in [0.2, 0.25) is 0 Å². The van der Waals surface area contributed by atoms with Gasteiger partial charge in [-0.2, -0.15) is 0 Å². The van der Waals surface area contributed by atoms with Crippen LogP contribution in [0.15, 0.2) is 12.2 Å². The normalized spacial score (nSPS) is 28.5. The van der Waals surface area contributed by atoms with Gasteiger partial charge in [-0.05, 0) is 19.3 Å². The van der Waals surface area contributed by atoms with Crippen molar-refractivity contribution in [1.29, 1.82) is 0 Å². The van der Waals surface area contributed by atoms with Crippen LogP contribution in [0.25, 0.3) is 0 Å². The first-order valence-corrected chi connectivity index (χ1v) is 4.93. The summed E-state index contributed by atoms with van der Waals surface area (Å²) in [4.78, 5) is 10.9. The van der Waals surface area contributed by atoms with Gasteiger partial charge in [-0.25, -0.2) is 0 Å². The van der Waals surface area contributed by atoms with E-state index in [0.717, 1.165) is 19.3 Å². The summed E-state index contributed by atoms with van der Waals surface area (Å²) in [6.07, 6.45) is 9.88. The molecule has 0 aliphatic heterocycles. The van der Waals surface area contributed by atoms with Gasteiger partial charge in [0.05, 0.1) is 6.04 Å². The lowest BCUT2D eigenvalue weighted by molar-refractivity contribution is -0.120. The molecule has 2 atom stereocenters. The maximum Gasteiger partial charge on any atom is 0.234 e. The van der Waals surface area contributed by atoms with Crippen molar-refractivity contribution in [3.05, 3.63) is 12.2 Å². The first kappa shape index (κ1) is 10.3. The summed E-state index contributed by atoms with van der Waals surface area (Å²) >= 11 is 0. The van der Waals surface area contributed by atoms with Crippen molar-refractivity contribution < 1.29 is 4.79 Å². The minimum absolute atomic E-state index is 0.151. The lowest BCUT2D eigenvalue weighted by Crippen LogP contribution is -2.42. The van der Waals surface area contributed by atoms with Gasteiger partial charge in [0.1, 0.15) is 0 Å². The first-order chi connectivity index (χ1) is 6.22. The first-order valence-electron chi connectivity index (χ1n) is 4.93. The number of amides is 1. The molecule has 0 radical (unpaired) electrons. The summed E-state index contributed by atoms with van der Waals surface area (Å²) in [5.41, 5.74) is 10.8. The van der Waals surface area contributed by atoms with Crippen LogP contribution in [0.1, 0.15) is 32.1 Å². The van der Waals surface area contributed by atoms with Gasteiger partial charge in [0.15, 0.2) is 0 Å². The Morgan fingerprint density at radius 1 is 1.38 bits per heavy atom. The average molecular weight is 182 g/mol. The van der Waals surface area contributed by atoms with Crippen molar-refractivity contribution in [1.82, 2.24) is 0 Å². The van der Waals surface area contributed by atoms with Gasteiger partial charge >= 0.3 is 0 Å². The van der Waals surface area contributed by atoms with Crippen molar-refractivity contribution in [2.45, 2.75) is 38.1 Å². The molecule has 0 aromatic heterocycles. The van der Waals surface area contributed by atoms with Gasteiger partial charge in [0.25, 0.3) is 0 Å². The molecule has 1 amide bonds. The predicted molar refractivity (Wildman–Crippen MR) is 52.9 cm³/mol. The highest BCUT2D eigenvalue weighted by atomic mass is 16.1. The number of nitrogens with two attached hydrogens (primary N) is 2. The molecule has 1 rings (SSSR count). The van der Waals surface area contributed by atoms with Crippen LogP contribution < -0.4 is 11.5 Å². The fourth-order valence-electron chi connectivity index (χ4n) is 1.70. The van der Waals surface area contributed by atoms with Gasteiger partial charge < -0.3 is 11.5 Å². The number of hydrogen-bond donors (Lipinski definition) is 2. The number of allylic oxidation sites excluding steroid dienone is 1. The second-order valence-corrected chi connectivity index (χ2v) is 3.66. The fourth-order valence-corrected chi connectivity index (χ4v) is 1.70.